The van der Waals surface area contributed by atoms with E-state index in [4.69, 9.17) is 28.0 Å². The van der Waals surface area contributed by atoms with Crippen LogP contribution in [-0.4, -0.2) is 153 Å². The number of nitrogens with one attached hydrogen (secondary N) is 5. The molecule has 1 aliphatic rings. The SMILES string of the molecule is CC(C)C[C@H](NC(=O)[C@H](CC(=O)O)NC(=O)[C@H](CO)NC(=O)[C@@H]1CCCN1C(=O)[C@@H](N)CC(=O)O)C(=O)N[C@@H](CCCCN)C(=O)N[C@@H](CCCN=C(N)N)C(=O)O. The third-order valence-electron chi connectivity index (χ3n) is 8.86. The summed E-state index contributed by atoms with van der Waals surface area (Å²) < 4.78 is 0. The molecule has 0 aromatic carbocycles. The Morgan fingerprint density at radius 3 is 1.81 bits per heavy atom. The molecule has 0 bridgehead atoms. The minimum absolute atomic E-state index is 0.0331. The number of unbranched alkanes of at least 4 members (excludes halogenated alkanes) is 1. The van der Waals surface area contributed by atoms with Crippen molar-refractivity contribution in [1.29, 1.82) is 0 Å². The lowest BCUT2D eigenvalue weighted by atomic mass is 10.0. The van der Waals surface area contributed by atoms with Gasteiger partial charge in [0.2, 0.25) is 35.4 Å². The first-order valence-corrected chi connectivity index (χ1v) is 18.8. The van der Waals surface area contributed by atoms with Crippen molar-refractivity contribution in [3.8, 4) is 0 Å². The van der Waals surface area contributed by atoms with Crippen molar-refractivity contribution in [3.63, 3.8) is 0 Å². The molecule has 7 atom stereocenters. The van der Waals surface area contributed by atoms with Gasteiger partial charge in [-0.1, -0.05) is 13.8 Å². The van der Waals surface area contributed by atoms with Crippen molar-refractivity contribution < 1.29 is 63.6 Å². The maximum absolute atomic E-state index is 13.7. The molecule has 0 aromatic heterocycles. The second kappa shape index (κ2) is 25.6. The molecule has 0 aliphatic carbocycles. The quantitative estimate of drug-likeness (QED) is 0.0209. The van der Waals surface area contributed by atoms with Crippen LogP contribution in [0.2, 0.25) is 0 Å². The topological polar surface area (TPSA) is 414 Å². The fourth-order valence-electron chi connectivity index (χ4n) is 5.95. The lowest BCUT2D eigenvalue weighted by Gasteiger charge is -2.28. The van der Waals surface area contributed by atoms with Crippen molar-refractivity contribution in [2.45, 2.75) is 120 Å². The van der Waals surface area contributed by atoms with Gasteiger partial charge < -0.3 is 74.8 Å². The lowest BCUT2D eigenvalue weighted by molar-refractivity contribution is -0.144. The second-order valence-corrected chi connectivity index (χ2v) is 14.2. The average molecular weight is 830 g/mol. The molecule has 1 aliphatic heterocycles. The molecule has 24 nitrogen and oxygen atoms in total. The Morgan fingerprint density at radius 2 is 1.26 bits per heavy atom. The summed E-state index contributed by atoms with van der Waals surface area (Å²) in [7, 11) is 0. The molecular formula is C34H59N11O13. The maximum atomic E-state index is 13.7. The number of amides is 6. The monoisotopic (exact) mass is 829 g/mol. The number of aliphatic carboxylic acids is 3. The first kappa shape index (κ1) is 50.4. The summed E-state index contributed by atoms with van der Waals surface area (Å²) in [5, 5.41) is 50.0. The highest BCUT2D eigenvalue weighted by Crippen LogP contribution is 2.19. The van der Waals surface area contributed by atoms with E-state index >= 15 is 0 Å². The van der Waals surface area contributed by atoms with E-state index in [-0.39, 0.29) is 63.6 Å². The predicted molar refractivity (Wildman–Crippen MR) is 204 cm³/mol. The highest BCUT2D eigenvalue weighted by atomic mass is 16.4. The zero-order valence-corrected chi connectivity index (χ0v) is 32.7. The zero-order chi connectivity index (χ0) is 44.1. The van der Waals surface area contributed by atoms with Crippen LogP contribution in [0.3, 0.4) is 0 Å². The summed E-state index contributed by atoms with van der Waals surface area (Å²) >= 11 is 0. The van der Waals surface area contributed by atoms with Crippen molar-refractivity contribution >= 4 is 59.3 Å². The molecule has 1 saturated heterocycles. The fourth-order valence-corrected chi connectivity index (χ4v) is 5.95. The Balaban J connectivity index is 3.18. The van der Waals surface area contributed by atoms with Gasteiger partial charge in [-0.3, -0.25) is 43.3 Å². The van der Waals surface area contributed by atoms with Crippen molar-refractivity contribution in [2.24, 2.45) is 33.8 Å². The first-order valence-electron chi connectivity index (χ1n) is 18.8. The zero-order valence-electron chi connectivity index (χ0n) is 32.7. The van der Waals surface area contributed by atoms with Crippen molar-refractivity contribution in [1.82, 2.24) is 31.5 Å². The van der Waals surface area contributed by atoms with Crippen LogP contribution < -0.4 is 49.5 Å². The third kappa shape index (κ3) is 18.1. The Labute approximate surface area is 334 Å². The van der Waals surface area contributed by atoms with Gasteiger partial charge in [0.1, 0.15) is 36.3 Å². The van der Waals surface area contributed by atoms with E-state index in [9.17, 15) is 58.5 Å². The molecule has 328 valence electrons. The number of hydrogen-bond acceptors (Lipinski definition) is 13. The summed E-state index contributed by atoms with van der Waals surface area (Å²) in [5.74, 6) is -10.4. The normalized spacial score (nSPS) is 16.7. The largest absolute Gasteiger partial charge is 0.481 e. The van der Waals surface area contributed by atoms with Gasteiger partial charge in [-0.25, -0.2) is 4.79 Å². The van der Waals surface area contributed by atoms with Gasteiger partial charge in [-0.05, 0) is 63.8 Å². The minimum atomic E-state index is -1.85. The summed E-state index contributed by atoms with van der Waals surface area (Å²) in [4.78, 5) is 119. The van der Waals surface area contributed by atoms with Crippen LogP contribution in [-0.2, 0) is 43.2 Å². The molecular weight excluding hydrogens is 770 g/mol. The number of hydrogen-bond donors (Lipinski definition) is 13. The molecule has 1 fully saturated rings. The molecule has 0 radical (unpaired) electrons. The van der Waals surface area contributed by atoms with E-state index in [0.717, 1.165) is 4.90 Å². The Hall–Kier alpha value is -5.62. The van der Waals surface area contributed by atoms with Gasteiger partial charge in [-0.2, -0.15) is 0 Å². The molecule has 0 unspecified atom stereocenters. The summed E-state index contributed by atoms with van der Waals surface area (Å²) in [5.41, 5.74) is 21.9. The lowest BCUT2D eigenvalue weighted by Crippen LogP contribution is -2.60. The number of aliphatic hydroxyl groups excluding tert-OH is 1. The summed E-state index contributed by atoms with van der Waals surface area (Å²) in [6, 6.07) is -10.3. The fraction of sp³-hybridized carbons (Fsp3) is 0.706. The van der Waals surface area contributed by atoms with Gasteiger partial charge in [0.05, 0.1) is 25.5 Å². The number of carbonyl (C=O) groups excluding carboxylic acids is 6. The highest BCUT2D eigenvalue weighted by Gasteiger charge is 2.39. The number of carboxylic acids is 3. The first-order chi connectivity index (χ1) is 27.2. The molecule has 0 aromatic rings. The van der Waals surface area contributed by atoms with Gasteiger partial charge >= 0.3 is 17.9 Å². The molecule has 24 heteroatoms. The van der Waals surface area contributed by atoms with E-state index < -0.39 is 115 Å². The van der Waals surface area contributed by atoms with Crippen LogP contribution in [0.5, 0.6) is 0 Å². The van der Waals surface area contributed by atoms with E-state index in [0.29, 0.717) is 19.3 Å². The van der Waals surface area contributed by atoms with Crippen LogP contribution in [0.25, 0.3) is 0 Å². The van der Waals surface area contributed by atoms with Gasteiger partial charge in [0.15, 0.2) is 5.96 Å². The van der Waals surface area contributed by atoms with E-state index in [2.05, 4.69) is 31.6 Å². The number of aliphatic imine (C=N–C) groups is 1. The standard InChI is InChI=1S/C34H59N11O13/c1-17(2)13-21(28(52)40-19(7-3-4-10-35)27(51)41-20(33(57)58)8-5-11-39-34(37)38)42-29(53)22(15-26(49)50)43-30(54)23(16-46)44-31(55)24-9-6-12-45(24)32(56)18(36)14-25(47)48/h17-24,46H,3-16,35-36H2,1-2H3,(H,40,52)(H,41,51)(H,42,53)(H,43,54)(H,44,55)(H,47,48)(H,49,50)(H,57,58)(H4,37,38,39)/t18-,19-,20-,21-,22-,23-,24-/m0/s1. The van der Waals surface area contributed by atoms with Gasteiger partial charge in [0.25, 0.3) is 0 Å². The van der Waals surface area contributed by atoms with Crippen molar-refractivity contribution in [3.05, 3.63) is 0 Å². The Morgan fingerprint density at radius 1 is 0.724 bits per heavy atom. The van der Waals surface area contributed by atoms with Crippen LogP contribution in [0.1, 0.15) is 78.1 Å². The van der Waals surface area contributed by atoms with Crippen LogP contribution in [0.4, 0.5) is 0 Å². The van der Waals surface area contributed by atoms with Crippen LogP contribution in [0.15, 0.2) is 4.99 Å². The van der Waals surface area contributed by atoms with E-state index in [1.807, 2.05) is 0 Å². The number of nitrogens with zero attached hydrogens (tertiary/aromatic N) is 2. The van der Waals surface area contributed by atoms with Gasteiger partial charge in [0, 0.05) is 13.1 Å². The average Bonchev–Trinajstić information content (AvgIpc) is 3.63. The van der Waals surface area contributed by atoms with E-state index in [1.54, 1.807) is 13.8 Å². The number of carbonyl (C=O) groups is 9. The van der Waals surface area contributed by atoms with E-state index in [1.165, 1.54) is 0 Å². The highest BCUT2D eigenvalue weighted by molar-refractivity contribution is 5.98. The molecule has 1 heterocycles. The van der Waals surface area contributed by atoms with Gasteiger partial charge in [-0.15, -0.1) is 0 Å². The number of guanidine groups is 1. The number of nitrogens with two attached hydrogens (primary N) is 4. The molecule has 58 heavy (non-hydrogen) atoms. The second-order valence-electron chi connectivity index (χ2n) is 14.2. The molecule has 0 saturated carbocycles. The molecule has 0 spiro atoms. The smallest absolute Gasteiger partial charge is 0.326 e. The summed E-state index contributed by atoms with van der Waals surface area (Å²) in [6.07, 6.45) is -0.280. The third-order valence-corrected chi connectivity index (χ3v) is 8.86. The number of carboxylic acid groups (broad SMARTS) is 3. The van der Waals surface area contributed by atoms with Crippen LogP contribution >= 0.6 is 0 Å². The molecule has 17 N–H and O–H groups in total. The minimum Gasteiger partial charge on any atom is -0.481 e. The molecule has 1 rings (SSSR count). The summed E-state index contributed by atoms with van der Waals surface area (Å²) in [6.45, 7) is 2.82. The predicted octanol–water partition coefficient (Wildman–Crippen LogP) is -5.02. The molecule has 6 amide bonds. The maximum Gasteiger partial charge on any atom is 0.326 e. The number of aliphatic hydroxyl groups is 1. The van der Waals surface area contributed by atoms with Crippen molar-refractivity contribution in [2.75, 3.05) is 26.2 Å². The number of likely N-dealkylation sites (tertiary alicyclic amines) is 1. The number of rotatable bonds is 27. The van der Waals surface area contributed by atoms with Crippen LogP contribution in [0, 0.1) is 5.92 Å². The Bertz CT molecular complexity index is 1490. The Kier molecular flexibility index (Phi) is 22.2.